The SMILES string of the molecule is O=C1C[C@@H](CO)OC2(CCCCC2)C1. The molecular formula is C11H18O3. The number of aliphatic hydroxyl groups excluding tert-OH is 1. The van der Waals surface area contributed by atoms with E-state index in [9.17, 15) is 4.79 Å². The van der Waals surface area contributed by atoms with Crippen LogP contribution in [0.25, 0.3) is 0 Å². The van der Waals surface area contributed by atoms with Crippen molar-refractivity contribution < 1.29 is 14.6 Å². The molecule has 1 aliphatic carbocycles. The number of ether oxygens (including phenoxy) is 1. The van der Waals surface area contributed by atoms with Crippen molar-refractivity contribution in [1.29, 1.82) is 0 Å². The number of ketones is 1. The number of carbonyl (C=O) groups is 1. The minimum atomic E-state index is -0.241. The molecular weight excluding hydrogens is 180 g/mol. The fourth-order valence-corrected chi connectivity index (χ4v) is 2.71. The Balaban J connectivity index is 2.05. The van der Waals surface area contributed by atoms with Gasteiger partial charge in [-0.25, -0.2) is 0 Å². The van der Waals surface area contributed by atoms with Gasteiger partial charge in [-0.05, 0) is 12.8 Å². The first-order valence-electron chi connectivity index (χ1n) is 5.54. The van der Waals surface area contributed by atoms with Crippen molar-refractivity contribution in [1.82, 2.24) is 0 Å². The Morgan fingerprint density at radius 2 is 2.07 bits per heavy atom. The summed E-state index contributed by atoms with van der Waals surface area (Å²) in [5, 5.41) is 9.05. The molecule has 0 aromatic heterocycles. The summed E-state index contributed by atoms with van der Waals surface area (Å²) in [6.45, 7) is -0.0203. The summed E-state index contributed by atoms with van der Waals surface area (Å²) in [7, 11) is 0. The van der Waals surface area contributed by atoms with Crippen molar-refractivity contribution in [2.45, 2.75) is 56.7 Å². The molecule has 3 nitrogen and oxygen atoms in total. The molecule has 1 spiro atoms. The van der Waals surface area contributed by atoms with E-state index < -0.39 is 0 Å². The van der Waals surface area contributed by atoms with Crippen molar-refractivity contribution >= 4 is 5.78 Å². The molecule has 0 amide bonds. The second kappa shape index (κ2) is 3.99. The third-order valence-corrected chi connectivity index (χ3v) is 3.36. The molecule has 0 aromatic rings. The van der Waals surface area contributed by atoms with Gasteiger partial charge >= 0.3 is 0 Å². The molecule has 14 heavy (non-hydrogen) atoms. The molecule has 3 heteroatoms. The lowest BCUT2D eigenvalue weighted by atomic mass is 9.78. The molecule has 2 aliphatic rings. The van der Waals surface area contributed by atoms with Gasteiger partial charge in [0.05, 0.1) is 18.3 Å². The maximum absolute atomic E-state index is 11.5. The highest BCUT2D eigenvalue weighted by molar-refractivity contribution is 5.80. The summed E-state index contributed by atoms with van der Waals surface area (Å²) in [4.78, 5) is 11.5. The van der Waals surface area contributed by atoms with E-state index in [-0.39, 0.29) is 24.1 Å². The quantitative estimate of drug-likeness (QED) is 0.693. The van der Waals surface area contributed by atoms with E-state index in [0.29, 0.717) is 12.8 Å². The third kappa shape index (κ3) is 1.98. The molecule has 0 bridgehead atoms. The standard InChI is InChI=1S/C11H18O3/c12-8-10-6-9(13)7-11(14-10)4-2-1-3-5-11/h10,12H,1-8H2/t10-/m0/s1. The van der Waals surface area contributed by atoms with E-state index in [1.807, 2.05) is 0 Å². The van der Waals surface area contributed by atoms with E-state index >= 15 is 0 Å². The van der Waals surface area contributed by atoms with E-state index in [2.05, 4.69) is 0 Å². The largest absolute Gasteiger partial charge is 0.394 e. The van der Waals surface area contributed by atoms with Gasteiger partial charge < -0.3 is 9.84 Å². The predicted octanol–water partition coefficient (Wildman–Crippen LogP) is 1.43. The molecule has 1 heterocycles. The van der Waals surface area contributed by atoms with Gasteiger partial charge in [0.25, 0.3) is 0 Å². The van der Waals surface area contributed by atoms with Crippen LogP contribution in [0.15, 0.2) is 0 Å². The van der Waals surface area contributed by atoms with Gasteiger partial charge in [-0.1, -0.05) is 19.3 Å². The van der Waals surface area contributed by atoms with E-state index in [1.54, 1.807) is 0 Å². The summed E-state index contributed by atoms with van der Waals surface area (Å²) >= 11 is 0. The minimum absolute atomic E-state index is 0.0203. The zero-order valence-electron chi connectivity index (χ0n) is 8.50. The highest BCUT2D eigenvalue weighted by Crippen LogP contribution is 2.39. The van der Waals surface area contributed by atoms with Gasteiger partial charge in [-0.3, -0.25) is 4.79 Å². The number of hydrogen-bond acceptors (Lipinski definition) is 3. The number of carbonyl (C=O) groups excluding carboxylic acids is 1. The fraction of sp³-hybridized carbons (Fsp3) is 0.909. The average molecular weight is 198 g/mol. The highest BCUT2D eigenvalue weighted by atomic mass is 16.5. The fourth-order valence-electron chi connectivity index (χ4n) is 2.71. The summed E-state index contributed by atoms with van der Waals surface area (Å²) in [6, 6.07) is 0. The molecule has 2 rings (SSSR count). The Kier molecular flexibility index (Phi) is 2.88. The van der Waals surface area contributed by atoms with Crippen LogP contribution in [0.1, 0.15) is 44.9 Å². The van der Waals surface area contributed by atoms with Crippen LogP contribution in [-0.2, 0) is 9.53 Å². The van der Waals surface area contributed by atoms with Gasteiger partial charge in [0.15, 0.2) is 0 Å². The maximum atomic E-state index is 11.5. The Morgan fingerprint density at radius 3 is 2.71 bits per heavy atom. The van der Waals surface area contributed by atoms with Crippen LogP contribution < -0.4 is 0 Å². The molecule has 0 unspecified atom stereocenters. The highest BCUT2D eigenvalue weighted by Gasteiger charge is 2.41. The van der Waals surface area contributed by atoms with Crippen LogP contribution >= 0.6 is 0 Å². The third-order valence-electron chi connectivity index (χ3n) is 3.36. The first-order valence-corrected chi connectivity index (χ1v) is 5.54. The van der Waals surface area contributed by atoms with Gasteiger partial charge in [0.1, 0.15) is 5.78 Å². The van der Waals surface area contributed by atoms with E-state index in [4.69, 9.17) is 9.84 Å². The number of rotatable bonds is 1. The molecule has 1 aliphatic heterocycles. The Labute approximate surface area is 84.4 Å². The smallest absolute Gasteiger partial charge is 0.138 e. The molecule has 0 aromatic carbocycles. The first kappa shape index (κ1) is 10.1. The Bertz CT molecular complexity index is 219. The van der Waals surface area contributed by atoms with Gasteiger partial charge in [0.2, 0.25) is 0 Å². The topological polar surface area (TPSA) is 46.5 Å². The van der Waals surface area contributed by atoms with Gasteiger partial charge in [0, 0.05) is 12.8 Å². The number of hydrogen-bond donors (Lipinski definition) is 1. The lowest BCUT2D eigenvalue weighted by Crippen LogP contribution is -2.46. The number of Topliss-reactive ketones (excluding diaryl/α,β-unsaturated/α-hetero) is 1. The molecule has 2 fully saturated rings. The zero-order chi connectivity index (χ0) is 10.0. The Hall–Kier alpha value is -0.410. The van der Waals surface area contributed by atoms with Crippen LogP contribution in [0.2, 0.25) is 0 Å². The predicted molar refractivity (Wildman–Crippen MR) is 52.0 cm³/mol. The second-order valence-electron chi connectivity index (χ2n) is 4.59. The maximum Gasteiger partial charge on any atom is 0.138 e. The zero-order valence-corrected chi connectivity index (χ0v) is 8.50. The van der Waals surface area contributed by atoms with Crippen molar-refractivity contribution in [2.75, 3.05) is 6.61 Å². The Morgan fingerprint density at radius 1 is 1.36 bits per heavy atom. The lowest BCUT2D eigenvalue weighted by molar-refractivity contribution is -0.169. The first-order chi connectivity index (χ1) is 6.74. The van der Waals surface area contributed by atoms with Crippen LogP contribution in [0.5, 0.6) is 0 Å². The van der Waals surface area contributed by atoms with Gasteiger partial charge in [-0.15, -0.1) is 0 Å². The normalized spacial score (nSPS) is 32.1. The van der Waals surface area contributed by atoms with E-state index in [1.165, 1.54) is 6.42 Å². The molecule has 1 saturated heterocycles. The van der Waals surface area contributed by atoms with Crippen molar-refractivity contribution in [3.05, 3.63) is 0 Å². The van der Waals surface area contributed by atoms with Crippen LogP contribution in [0.4, 0.5) is 0 Å². The lowest BCUT2D eigenvalue weighted by Gasteiger charge is -2.42. The van der Waals surface area contributed by atoms with Crippen LogP contribution in [0, 0.1) is 0 Å². The molecule has 1 atom stereocenters. The van der Waals surface area contributed by atoms with Crippen molar-refractivity contribution in [3.63, 3.8) is 0 Å². The summed E-state index contributed by atoms with van der Waals surface area (Å²) in [6.07, 6.45) is 6.29. The minimum Gasteiger partial charge on any atom is -0.394 e. The van der Waals surface area contributed by atoms with Crippen molar-refractivity contribution in [3.8, 4) is 0 Å². The molecule has 0 radical (unpaired) electrons. The van der Waals surface area contributed by atoms with Gasteiger partial charge in [-0.2, -0.15) is 0 Å². The summed E-state index contributed by atoms with van der Waals surface area (Å²) < 4.78 is 5.86. The summed E-state index contributed by atoms with van der Waals surface area (Å²) in [5.41, 5.74) is -0.207. The van der Waals surface area contributed by atoms with E-state index in [0.717, 1.165) is 25.7 Å². The molecule has 1 saturated carbocycles. The molecule has 1 N–H and O–H groups in total. The number of aliphatic hydroxyl groups is 1. The second-order valence-corrected chi connectivity index (χ2v) is 4.59. The summed E-state index contributed by atoms with van der Waals surface area (Å²) in [5.74, 6) is 0.261. The van der Waals surface area contributed by atoms with Crippen LogP contribution in [0.3, 0.4) is 0 Å². The average Bonchev–Trinajstić information content (AvgIpc) is 2.17. The molecule has 80 valence electrons. The van der Waals surface area contributed by atoms with Crippen molar-refractivity contribution in [2.24, 2.45) is 0 Å². The van der Waals surface area contributed by atoms with Crippen LogP contribution in [-0.4, -0.2) is 29.2 Å². The monoisotopic (exact) mass is 198 g/mol.